The third-order valence-electron chi connectivity index (χ3n) is 3.67. The summed E-state index contributed by atoms with van der Waals surface area (Å²) in [5.74, 6) is 2.60. The largest absolute Gasteiger partial charge is 0.489 e. The molecule has 1 fully saturated rings. The fraction of sp³-hybridized carbons (Fsp3) is 0.294. The Labute approximate surface area is 108 Å². The van der Waals surface area contributed by atoms with Crippen molar-refractivity contribution in [2.75, 3.05) is 0 Å². The third-order valence-corrected chi connectivity index (χ3v) is 3.67. The van der Waals surface area contributed by atoms with Crippen LogP contribution in [0.2, 0.25) is 0 Å². The number of benzene rings is 2. The van der Waals surface area contributed by atoms with Gasteiger partial charge in [-0.1, -0.05) is 49.4 Å². The molecule has 1 aliphatic carbocycles. The van der Waals surface area contributed by atoms with Gasteiger partial charge in [0.2, 0.25) is 0 Å². The predicted molar refractivity (Wildman–Crippen MR) is 73.7 cm³/mol. The number of hydrogen-bond acceptors (Lipinski definition) is 1. The van der Waals surface area contributed by atoms with Gasteiger partial charge in [0, 0.05) is 0 Å². The van der Waals surface area contributed by atoms with Crippen molar-refractivity contribution in [3.8, 4) is 5.75 Å². The summed E-state index contributed by atoms with van der Waals surface area (Å²) in [6.45, 7) is 2.95. The molecule has 0 aromatic heterocycles. The maximum Gasteiger partial charge on any atom is 0.119 e. The molecule has 2 aromatic carbocycles. The van der Waals surface area contributed by atoms with Gasteiger partial charge in [-0.05, 0) is 41.5 Å². The van der Waals surface area contributed by atoms with Gasteiger partial charge in [-0.3, -0.25) is 0 Å². The fourth-order valence-corrected chi connectivity index (χ4v) is 2.34. The molecule has 0 heterocycles. The zero-order valence-electron chi connectivity index (χ0n) is 10.7. The van der Waals surface area contributed by atoms with Crippen molar-refractivity contribution in [1.82, 2.24) is 0 Å². The second-order valence-corrected chi connectivity index (χ2v) is 5.16. The van der Waals surface area contributed by atoms with Gasteiger partial charge in [0.25, 0.3) is 0 Å². The molecule has 0 spiro atoms. The van der Waals surface area contributed by atoms with Gasteiger partial charge in [0.15, 0.2) is 0 Å². The van der Waals surface area contributed by atoms with E-state index in [4.69, 9.17) is 4.74 Å². The summed E-state index contributed by atoms with van der Waals surface area (Å²) < 4.78 is 5.77. The van der Waals surface area contributed by atoms with Gasteiger partial charge in [-0.2, -0.15) is 0 Å². The molecule has 1 aliphatic rings. The Balaban J connectivity index is 1.60. The van der Waals surface area contributed by atoms with Gasteiger partial charge >= 0.3 is 0 Å². The van der Waals surface area contributed by atoms with E-state index in [1.165, 1.54) is 17.5 Å². The van der Waals surface area contributed by atoms with E-state index >= 15 is 0 Å². The quantitative estimate of drug-likeness (QED) is 0.767. The zero-order valence-corrected chi connectivity index (χ0v) is 10.7. The molecule has 0 radical (unpaired) electrons. The van der Waals surface area contributed by atoms with E-state index in [2.05, 4.69) is 43.3 Å². The van der Waals surface area contributed by atoms with Crippen LogP contribution in [0.4, 0.5) is 0 Å². The van der Waals surface area contributed by atoms with Gasteiger partial charge in [-0.25, -0.2) is 0 Å². The van der Waals surface area contributed by atoms with E-state index in [-0.39, 0.29) is 0 Å². The van der Waals surface area contributed by atoms with Gasteiger partial charge in [-0.15, -0.1) is 0 Å². The number of rotatable bonds is 4. The van der Waals surface area contributed by atoms with Crippen LogP contribution < -0.4 is 4.74 Å². The molecular formula is C17H18O. The maximum atomic E-state index is 5.77. The third kappa shape index (κ3) is 2.56. The van der Waals surface area contributed by atoms with E-state index in [1.807, 2.05) is 18.2 Å². The molecular weight excluding hydrogens is 220 g/mol. The van der Waals surface area contributed by atoms with Crippen molar-refractivity contribution >= 4 is 0 Å². The van der Waals surface area contributed by atoms with Crippen LogP contribution in [0.1, 0.15) is 30.4 Å². The first-order valence-electron chi connectivity index (χ1n) is 6.59. The van der Waals surface area contributed by atoms with E-state index < -0.39 is 0 Å². The molecule has 18 heavy (non-hydrogen) atoms. The summed E-state index contributed by atoms with van der Waals surface area (Å²) in [7, 11) is 0. The number of hydrogen-bond donors (Lipinski definition) is 0. The van der Waals surface area contributed by atoms with Gasteiger partial charge < -0.3 is 4.74 Å². The Bertz CT molecular complexity index is 501. The lowest BCUT2D eigenvalue weighted by molar-refractivity contribution is 0.306. The van der Waals surface area contributed by atoms with E-state index in [9.17, 15) is 0 Å². The summed E-state index contributed by atoms with van der Waals surface area (Å²) in [6, 6.07) is 18.8. The average Bonchev–Trinajstić information content (AvgIpc) is 3.15. The van der Waals surface area contributed by atoms with Crippen LogP contribution in [-0.2, 0) is 6.61 Å². The maximum absolute atomic E-state index is 5.77. The Hall–Kier alpha value is -1.76. The summed E-state index contributed by atoms with van der Waals surface area (Å²) in [5, 5.41) is 0. The monoisotopic (exact) mass is 238 g/mol. The van der Waals surface area contributed by atoms with Crippen LogP contribution in [0.25, 0.3) is 0 Å². The van der Waals surface area contributed by atoms with Gasteiger partial charge in [0.05, 0.1) is 0 Å². The van der Waals surface area contributed by atoms with Crippen LogP contribution in [0.3, 0.4) is 0 Å². The van der Waals surface area contributed by atoms with E-state index in [0.717, 1.165) is 17.6 Å². The Kier molecular flexibility index (Phi) is 3.06. The molecule has 0 amide bonds. The fourth-order valence-electron chi connectivity index (χ4n) is 2.34. The summed E-state index contributed by atoms with van der Waals surface area (Å²) in [5.41, 5.74) is 2.66. The minimum Gasteiger partial charge on any atom is -0.489 e. The zero-order chi connectivity index (χ0) is 12.4. The highest BCUT2D eigenvalue weighted by atomic mass is 16.5. The summed E-state index contributed by atoms with van der Waals surface area (Å²) in [4.78, 5) is 0. The topological polar surface area (TPSA) is 9.23 Å². The van der Waals surface area contributed by atoms with Crippen molar-refractivity contribution in [1.29, 1.82) is 0 Å². The second kappa shape index (κ2) is 4.85. The highest BCUT2D eigenvalue weighted by Gasteiger charge is 2.33. The normalized spacial score (nSPS) is 21.6. The Morgan fingerprint density at radius 1 is 1.00 bits per heavy atom. The lowest BCUT2D eigenvalue weighted by Crippen LogP contribution is -1.95. The second-order valence-electron chi connectivity index (χ2n) is 5.16. The molecule has 1 heteroatoms. The molecule has 1 saturated carbocycles. The Morgan fingerprint density at radius 2 is 1.67 bits per heavy atom. The molecule has 0 unspecified atom stereocenters. The standard InChI is InChI=1S/C17H18O/c1-13-11-17(13)15-7-9-16(10-8-15)18-12-14-5-3-2-4-6-14/h2-10,13,17H,11-12H2,1H3/t13-,17-/m1/s1. The summed E-state index contributed by atoms with van der Waals surface area (Å²) in [6.07, 6.45) is 1.34. The van der Waals surface area contributed by atoms with Crippen LogP contribution in [0.15, 0.2) is 54.6 Å². The molecule has 2 aromatic rings. The smallest absolute Gasteiger partial charge is 0.119 e. The predicted octanol–water partition coefficient (Wildman–Crippen LogP) is 4.39. The minimum atomic E-state index is 0.639. The minimum absolute atomic E-state index is 0.639. The first-order chi connectivity index (χ1) is 8.83. The first kappa shape index (κ1) is 11.3. The van der Waals surface area contributed by atoms with E-state index in [0.29, 0.717) is 6.61 Å². The van der Waals surface area contributed by atoms with Gasteiger partial charge in [0.1, 0.15) is 12.4 Å². The molecule has 92 valence electrons. The van der Waals surface area contributed by atoms with Crippen LogP contribution in [0.5, 0.6) is 5.75 Å². The van der Waals surface area contributed by atoms with Crippen LogP contribution in [-0.4, -0.2) is 0 Å². The Morgan fingerprint density at radius 3 is 2.28 bits per heavy atom. The van der Waals surface area contributed by atoms with Crippen molar-refractivity contribution in [3.05, 3.63) is 65.7 Å². The lowest BCUT2D eigenvalue weighted by atomic mass is 10.1. The molecule has 0 N–H and O–H groups in total. The van der Waals surface area contributed by atoms with E-state index in [1.54, 1.807) is 0 Å². The molecule has 0 bridgehead atoms. The first-order valence-corrected chi connectivity index (χ1v) is 6.59. The SMILES string of the molecule is C[C@@H]1C[C@H]1c1ccc(OCc2ccccc2)cc1. The van der Waals surface area contributed by atoms with Crippen molar-refractivity contribution < 1.29 is 4.74 Å². The van der Waals surface area contributed by atoms with Crippen molar-refractivity contribution in [2.24, 2.45) is 5.92 Å². The highest BCUT2D eigenvalue weighted by molar-refractivity contribution is 5.32. The molecule has 0 aliphatic heterocycles. The van der Waals surface area contributed by atoms with Crippen LogP contribution in [0, 0.1) is 5.92 Å². The van der Waals surface area contributed by atoms with Crippen molar-refractivity contribution in [2.45, 2.75) is 25.9 Å². The molecule has 0 saturated heterocycles. The summed E-state index contributed by atoms with van der Waals surface area (Å²) >= 11 is 0. The molecule has 1 nitrogen and oxygen atoms in total. The molecule has 2 atom stereocenters. The number of ether oxygens (including phenoxy) is 1. The molecule has 3 rings (SSSR count). The van der Waals surface area contributed by atoms with Crippen molar-refractivity contribution in [3.63, 3.8) is 0 Å². The van der Waals surface area contributed by atoms with Crippen LogP contribution >= 0.6 is 0 Å². The lowest BCUT2D eigenvalue weighted by Gasteiger charge is -2.07. The average molecular weight is 238 g/mol. The highest BCUT2D eigenvalue weighted by Crippen LogP contribution is 2.47.